The van der Waals surface area contributed by atoms with Crippen LogP contribution in [0.4, 0.5) is 4.39 Å². The summed E-state index contributed by atoms with van der Waals surface area (Å²) in [5, 5.41) is 2.95. The molecule has 1 N–H and O–H groups in total. The van der Waals surface area contributed by atoms with Crippen molar-refractivity contribution in [1.29, 1.82) is 0 Å². The van der Waals surface area contributed by atoms with Crippen molar-refractivity contribution in [3.05, 3.63) is 89.7 Å². The molecule has 7 nitrogen and oxygen atoms in total. The third kappa shape index (κ3) is 6.78. The van der Waals surface area contributed by atoms with Crippen LogP contribution in [0.25, 0.3) is 0 Å². The molecule has 5 rings (SSSR count). The summed E-state index contributed by atoms with van der Waals surface area (Å²) in [5.41, 5.74) is 1.98. The molecule has 0 unspecified atom stereocenters. The van der Waals surface area contributed by atoms with E-state index in [1.807, 2.05) is 48.5 Å². The summed E-state index contributed by atoms with van der Waals surface area (Å²) in [5.74, 6) is 0.646. The van der Waals surface area contributed by atoms with Crippen LogP contribution in [0, 0.1) is 5.82 Å². The maximum atomic E-state index is 14.5. The van der Waals surface area contributed by atoms with Gasteiger partial charge in [-0.1, -0.05) is 48.5 Å². The number of ether oxygens (including phenoxy) is 4. The summed E-state index contributed by atoms with van der Waals surface area (Å²) < 4.78 is 37.3. The van der Waals surface area contributed by atoms with E-state index >= 15 is 0 Å². The average molecular weight is 507 g/mol. The van der Waals surface area contributed by atoms with E-state index in [9.17, 15) is 9.18 Å². The maximum Gasteiger partial charge on any atom is 0.262 e. The highest BCUT2D eigenvalue weighted by Gasteiger charge is 2.28. The van der Waals surface area contributed by atoms with E-state index in [2.05, 4.69) is 10.2 Å². The third-order valence-corrected chi connectivity index (χ3v) is 6.46. The van der Waals surface area contributed by atoms with Crippen LogP contribution < -0.4 is 19.5 Å². The second-order valence-electron chi connectivity index (χ2n) is 9.26. The molecule has 0 aromatic heterocycles. The normalized spacial score (nSPS) is 17.1. The number of carbonyl (C=O) groups is 1. The number of nitrogens with zero attached hydrogens (tertiary/aromatic N) is 1. The van der Waals surface area contributed by atoms with E-state index in [0.29, 0.717) is 25.4 Å². The van der Waals surface area contributed by atoms with Gasteiger partial charge in [0.25, 0.3) is 5.91 Å². The molecule has 0 radical (unpaired) electrons. The minimum absolute atomic E-state index is 0.0440. The van der Waals surface area contributed by atoms with Crippen LogP contribution in [0.2, 0.25) is 0 Å². The number of hydrogen-bond acceptors (Lipinski definition) is 6. The molecular weight excluding hydrogens is 475 g/mol. The summed E-state index contributed by atoms with van der Waals surface area (Å²) in [7, 11) is 0. The minimum atomic E-state index is -0.934. The second-order valence-corrected chi connectivity index (χ2v) is 9.26. The van der Waals surface area contributed by atoms with Gasteiger partial charge in [0.1, 0.15) is 0 Å². The third-order valence-electron chi connectivity index (χ3n) is 6.46. The smallest absolute Gasteiger partial charge is 0.262 e. The Labute approximate surface area is 216 Å². The lowest BCUT2D eigenvalue weighted by molar-refractivity contribution is -0.129. The maximum absolute atomic E-state index is 14.5. The Hall–Kier alpha value is -3.62. The molecule has 1 amide bonds. The average Bonchev–Trinajstić information content (AvgIpc) is 3.60. The summed E-state index contributed by atoms with van der Waals surface area (Å²) in [6.07, 6.45) is 1.10. The number of nitrogens with one attached hydrogen (secondary N) is 1. The van der Waals surface area contributed by atoms with E-state index in [1.165, 1.54) is 12.1 Å². The van der Waals surface area contributed by atoms with E-state index in [0.717, 1.165) is 36.3 Å². The molecule has 2 heterocycles. The fourth-order valence-corrected chi connectivity index (χ4v) is 4.58. The molecule has 194 valence electrons. The van der Waals surface area contributed by atoms with Crippen molar-refractivity contribution in [1.82, 2.24) is 10.2 Å². The minimum Gasteiger partial charge on any atom is -0.476 e. The number of carbonyl (C=O) groups excluding carboxylic acids is 1. The predicted molar refractivity (Wildman–Crippen MR) is 136 cm³/mol. The predicted octanol–water partition coefficient (Wildman–Crippen LogP) is 4.30. The van der Waals surface area contributed by atoms with Gasteiger partial charge in [0.05, 0.1) is 6.10 Å². The summed E-state index contributed by atoms with van der Waals surface area (Å²) in [6, 6.07) is 21.6. The zero-order valence-electron chi connectivity index (χ0n) is 20.6. The van der Waals surface area contributed by atoms with Gasteiger partial charge in [-0.05, 0) is 48.2 Å². The Morgan fingerprint density at radius 1 is 1.03 bits per heavy atom. The van der Waals surface area contributed by atoms with Gasteiger partial charge < -0.3 is 24.3 Å². The quantitative estimate of drug-likeness (QED) is 0.418. The largest absolute Gasteiger partial charge is 0.476 e. The molecule has 0 bridgehead atoms. The van der Waals surface area contributed by atoms with E-state index in [4.69, 9.17) is 18.9 Å². The van der Waals surface area contributed by atoms with Crippen molar-refractivity contribution in [3.8, 4) is 17.2 Å². The van der Waals surface area contributed by atoms with Crippen molar-refractivity contribution < 1.29 is 28.1 Å². The van der Waals surface area contributed by atoms with E-state index < -0.39 is 11.9 Å². The molecule has 1 saturated heterocycles. The van der Waals surface area contributed by atoms with Crippen LogP contribution in [-0.2, 0) is 22.6 Å². The molecule has 0 aliphatic carbocycles. The molecule has 0 saturated carbocycles. The Morgan fingerprint density at radius 2 is 1.84 bits per heavy atom. The van der Waals surface area contributed by atoms with Crippen molar-refractivity contribution in [2.45, 2.75) is 38.1 Å². The van der Waals surface area contributed by atoms with Crippen molar-refractivity contribution in [3.63, 3.8) is 0 Å². The monoisotopic (exact) mass is 506 g/mol. The number of fused-ring (bicyclic) bond motifs is 1. The van der Waals surface area contributed by atoms with Gasteiger partial charge in [-0.3, -0.25) is 9.69 Å². The zero-order chi connectivity index (χ0) is 25.5. The molecule has 8 heteroatoms. The van der Waals surface area contributed by atoms with Crippen LogP contribution in [0.3, 0.4) is 0 Å². The summed E-state index contributed by atoms with van der Waals surface area (Å²) in [6.45, 7) is 2.71. The summed E-state index contributed by atoms with van der Waals surface area (Å²) >= 11 is 0. The van der Waals surface area contributed by atoms with Gasteiger partial charge in [0, 0.05) is 32.8 Å². The first-order valence-corrected chi connectivity index (χ1v) is 12.6. The van der Waals surface area contributed by atoms with Crippen molar-refractivity contribution in [2.75, 3.05) is 26.5 Å². The number of benzene rings is 3. The van der Waals surface area contributed by atoms with Crippen LogP contribution in [0.5, 0.6) is 17.2 Å². The number of halogens is 1. The van der Waals surface area contributed by atoms with Gasteiger partial charge in [0.15, 0.2) is 29.2 Å². The Kier molecular flexibility index (Phi) is 8.18. The molecule has 1 fully saturated rings. The first-order chi connectivity index (χ1) is 18.1. The highest BCUT2D eigenvalue weighted by molar-refractivity contribution is 5.81. The van der Waals surface area contributed by atoms with Crippen molar-refractivity contribution in [2.24, 2.45) is 0 Å². The molecule has 3 aromatic rings. The van der Waals surface area contributed by atoms with Gasteiger partial charge in [0.2, 0.25) is 6.79 Å². The first-order valence-electron chi connectivity index (χ1n) is 12.6. The molecule has 2 atom stereocenters. The molecule has 37 heavy (non-hydrogen) atoms. The van der Waals surface area contributed by atoms with Gasteiger partial charge in [-0.2, -0.15) is 0 Å². The number of rotatable bonds is 11. The second kappa shape index (κ2) is 12.1. The topological polar surface area (TPSA) is 69.3 Å². The van der Waals surface area contributed by atoms with Crippen LogP contribution in [-0.4, -0.2) is 49.5 Å². The Balaban J connectivity index is 1.34. The van der Waals surface area contributed by atoms with Crippen molar-refractivity contribution >= 4 is 5.91 Å². The summed E-state index contributed by atoms with van der Waals surface area (Å²) in [4.78, 5) is 15.5. The zero-order valence-corrected chi connectivity index (χ0v) is 20.6. The van der Waals surface area contributed by atoms with E-state index in [1.54, 1.807) is 12.1 Å². The SMILES string of the molecule is O=C(NCc1ccccc1)[C@@H](CN(Cc1ccc2c(c1)OCO2)C[C@H]1CCCO1)Oc1ccccc1F. The Morgan fingerprint density at radius 3 is 2.65 bits per heavy atom. The van der Waals surface area contributed by atoms with Gasteiger partial charge in [-0.15, -0.1) is 0 Å². The lowest BCUT2D eigenvalue weighted by atomic mass is 10.1. The standard InChI is InChI=1S/C29H31FN2O5/c30-24-10-4-5-11-25(24)37-28(29(33)31-16-21-7-2-1-3-8-21)19-32(18-23-9-6-14-34-23)17-22-12-13-26-27(15-22)36-20-35-26/h1-5,7-8,10-13,15,23,28H,6,9,14,16-20H2,(H,31,33)/t23-,28-/m1/s1. The number of para-hydroxylation sites is 1. The first kappa shape index (κ1) is 25.0. The Bertz CT molecular complexity index is 1190. The van der Waals surface area contributed by atoms with Gasteiger partial charge >= 0.3 is 0 Å². The highest BCUT2D eigenvalue weighted by atomic mass is 19.1. The fraction of sp³-hybridized carbons (Fsp3) is 0.345. The molecule has 0 spiro atoms. The number of hydrogen-bond donors (Lipinski definition) is 1. The molecular formula is C29H31FN2O5. The lowest BCUT2D eigenvalue weighted by Crippen LogP contribution is -2.47. The van der Waals surface area contributed by atoms with Gasteiger partial charge in [-0.25, -0.2) is 4.39 Å². The van der Waals surface area contributed by atoms with Crippen LogP contribution in [0.15, 0.2) is 72.8 Å². The molecule has 3 aromatic carbocycles. The fourth-order valence-electron chi connectivity index (χ4n) is 4.58. The highest BCUT2D eigenvalue weighted by Crippen LogP contribution is 2.33. The molecule has 2 aliphatic rings. The molecule has 2 aliphatic heterocycles. The number of amides is 1. The van der Waals surface area contributed by atoms with Crippen LogP contribution >= 0.6 is 0 Å². The van der Waals surface area contributed by atoms with Crippen LogP contribution in [0.1, 0.15) is 24.0 Å². The lowest BCUT2D eigenvalue weighted by Gasteiger charge is -2.29. The van der Waals surface area contributed by atoms with E-state index in [-0.39, 0.29) is 31.1 Å².